The fourth-order valence-electron chi connectivity index (χ4n) is 2.51. The molecule has 8 nitrogen and oxygen atoms in total. The third-order valence-corrected chi connectivity index (χ3v) is 6.07. The maximum Gasteiger partial charge on any atom is 0.275 e. The summed E-state index contributed by atoms with van der Waals surface area (Å²) in [5.41, 5.74) is 1.44. The molecule has 0 atom stereocenters. The molecule has 4 aromatic rings. The second kappa shape index (κ2) is 7.72. The third-order valence-electron chi connectivity index (χ3n) is 3.99. The van der Waals surface area contributed by atoms with Crippen molar-refractivity contribution in [2.24, 2.45) is 0 Å². The molecule has 0 fully saturated rings. The van der Waals surface area contributed by atoms with Crippen LogP contribution in [0.25, 0.3) is 16.3 Å². The van der Waals surface area contributed by atoms with Gasteiger partial charge < -0.3 is 4.74 Å². The molecule has 4 rings (SSSR count). The molecular formula is C18H18N6O2S2. The molecule has 3 aromatic heterocycles. The van der Waals surface area contributed by atoms with Crippen LogP contribution in [-0.4, -0.2) is 36.9 Å². The summed E-state index contributed by atoms with van der Waals surface area (Å²) in [7, 11) is 1.63. The summed E-state index contributed by atoms with van der Waals surface area (Å²) < 4.78 is 6.53. The van der Waals surface area contributed by atoms with Crippen LogP contribution in [0.3, 0.4) is 0 Å². The lowest BCUT2D eigenvalue weighted by molar-refractivity contribution is 0.415. The van der Waals surface area contributed by atoms with E-state index in [1.54, 1.807) is 7.11 Å². The SMILES string of the molecule is COc1ccc(-c2nc(SCc3cc(=O)n4nc(C(C)C)sc4n3)n[nH]2)cc1. The number of aromatic nitrogens is 6. The van der Waals surface area contributed by atoms with E-state index in [1.807, 2.05) is 38.1 Å². The molecule has 0 bridgehead atoms. The second-order valence-corrected chi connectivity index (χ2v) is 8.29. The van der Waals surface area contributed by atoms with Gasteiger partial charge >= 0.3 is 0 Å². The van der Waals surface area contributed by atoms with E-state index < -0.39 is 0 Å². The van der Waals surface area contributed by atoms with Crippen molar-refractivity contribution in [3.8, 4) is 17.1 Å². The lowest BCUT2D eigenvalue weighted by Gasteiger charge is -2.00. The molecule has 0 saturated carbocycles. The normalized spacial score (nSPS) is 11.4. The Kier molecular flexibility index (Phi) is 5.14. The number of aromatic amines is 1. The summed E-state index contributed by atoms with van der Waals surface area (Å²) in [6.07, 6.45) is 0. The minimum absolute atomic E-state index is 0.169. The smallest absolute Gasteiger partial charge is 0.275 e. The van der Waals surface area contributed by atoms with Crippen LogP contribution in [0.4, 0.5) is 0 Å². The molecular weight excluding hydrogens is 396 g/mol. The van der Waals surface area contributed by atoms with Crippen molar-refractivity contribution in [2.75, 3.05) is 7.11 Å². The second-order valence-electron chi connectivity index (χ2n) is 6.36. The third kappa shape index (κ3) is 3.78. The first-order chi connectivity index (χ1) is 13.5. The molecule has 1 N–H and O–H groups in total. The van der Waals surface area contributed by atoms with E-state index in [-0.39, 0.29) is 11.5 Å². The largest absolute Gasteiger partial charge is 0.497 e. The molecule has 0 aliphatic rings. The van der Waals surface area contributed by atoms with Crippen LogP contribution in [0.5, 0.6) is 5.75 Å². The van der Waals surface area contributed by atoms with Crippen molar-refractivity contribution < 1.29 is 4.74 Å². The van der Waals surface area contributed by atoms with E-state index in [9.17, 15) is 4.79 Å². The van der Waals surface area contributed by atoms with Gasteiger partial charge in [-0.05, 0) is 24.3 Å². The number of nitrogens with one attached hydrogen (secondary N) is 1. The summed E-state index contributed by atoms with van der Waals surface area (Å²) in [6, 6.07) is 9.09. The number of hydrogen-bond donors (Lipinski definition) is 1. The molecule has 0 aliphatic carbocycles. The predicted octanol–water partition coefficient (Wildman–Crippen LogP) is 3.36. The number of nitrogens with zero attached hydrogens (tertiary/aromatic N) is 5. The fraction of sp³-hybridized carbons (Fsp3) is 0.278. The summed E-state index contributed by atoms with van der Waals surface area (Å²) in [6.45, 7) is 4.09. The van der Waals surface area contributed by atoms with Crippen LogP contribution >= 0.6 is 23.1 Å². The summed E-state index contributed by atoms with van der Waals surface area (Å²) in [5.74, 6) is 2.22. The molecule has 0 amide bonds. The number of H-pyrrole nitrogens is 1. The highest BCUT2D eigenvalue weighted by atomic mass is 32.2. The summed E-state index contributed by atoms with van der Waals surface area (Å²) in [5, 5.41) is 13.0. The average molecular weight is 415 g/mol. The van der Waals surface area contributed by atoms with Gasteiger partial charge in [-0.1, -0.05) is 36.9 Å². The Labute approximate surface area is 169 Å². The van der Waals surface area contributed by atoms with Gasteiger partial charge in [0, 0.05) is 23.3 Å². The minimum atomic E-state index is -0.169. The Bertz CT molecular complexity index is 1160. The Balaban J connectivity index is 1.50. The first kappa shape index (κ1) is 18.6. The molecule has 0 aliphatic heterocycles. The van der Waals surface area contributed by atoms with Gasteiger partial charge in [-0.2, -0.15) is 9.61 Å². The Morgan fingerprint density at radius 2 is 2.04 bits per heavy atom. The van der Waals surface area contributed by atoms with Crippen LogP contribution in [0.2, 0.25) is 0 Å². The van der Waals surface area contributed by atoms with Crippen LogP contribution in [0.1, 0.15) is 30.5 Å². The number of hydrogen-bond acceptors (Lipinski definition) is 8. The Morgan fingerprint density at radius 3 is 2.75 bits per heavy atom. The van der Waals surface area contributed by atoms with E-state index in [4.69, 9.17) is 4.74 Å². The van der Waals surface area contributed by atoms with Crippen LogP contribution in [0.15, 0.2) is 40.3 Å². The molecule has 1 aromatic carbocycles. The number of benzene rings is 1. The van der Waals surface area contributed by atoms with Crippen molar-refractivity contribution in [2.45, 2.75) is 30.7 Å². The predicted molar refractivity (Wildman–Crippen MR) is 109 cm³/mol. The maximum atomic E-state index is 12.3. The molecule has 0 unspecified atom stereocenters. The van der Waals surface area contributed by atoms with Gasteiger partial charge in [0.15, 0.2) is 5.82 Å². The number of methoxy groups -OCH3 is 1. The summed E-state index contributed by atoms with van der Waals surface area (Å²) in [4.78, 5) is 22.0. The van der Waals surface area contributed by atoms with Crippen LogP contribution in [0, 0.1) is 0 Å². The zero-order valence-corrected chi connectivity index (χ0v) is 17.2. The van der Waals surface area contributed by atoms with E-state index in [1.165, 1.54) is 33.7 Å². The highest BCUT2D eigenvalue weighted by Crippen LogP contribution is 2.24. The number of fused-ring (bicyclic) bond motifs is 1. The Morgan fingerprint density at radius 1 is 1.25 bits per heavy atom. The van der Waals surface area contributed by atoms with Gasteiger partial charge in [0.1, 0.15) is 10.8 Å². The van der Waals surface area contributed by atoms with E-state index in [0.717, 1.165) is 16.3 Å². The van der Waals surface area contributed by atoms with Crippen molar-refractivity contribution in [3.63, 3.8) is 0 Å². The number of rotatable bonds is 6. The quantitative estimate of drug-likeness (QED) is 0.483. The van der Waals surface area contributed by atoms with Gasteiger partial charge in [0.2, 0.25) is 10.1 Å². The van der Waals surface area contributed by atoms with Crippen molar-refractivity contribution in [3.05, 3.63) is 51.4 Å². The molecule has 0 saturated heterocycles. The first-order valence-corrected chi connectivity index (χ1v) is 10.4. The van der Waals surface area contributed by atoms with Crippen LogP contribution < -0.4 is 10.3 Å². The van der Waals surface area contributed by atoms with Crippen molar-refractivity contribution >= 4 is 28.1 Å². The lowest BCUT2D eigenvalue weighted by Crippen LogP contribution is -2.15. The monoisotopic (exact) mass is 414 g/mol. The zero-order valence-electron chi connectivity index (χ0n) is 15.5. The standard InChI is InChI=1S/C18H18N6O2S2/c1-10(2)16-23-24-14(25)8-12(19-18(24)28-16)9-27-17-20-15(21-22-17)11-4-6-13(26-3)7-5-11/h4-8,10H,9H2,1-3H3,(H,20,21,22). The molecule has 3 heterocycles. The maximum absolute atomic E-state index is 12.3. The molecule has 0 radical (unpaired) electrons. The number of thioether (sulfide) groups is 1. The van der Waals surface area contributed by atoms with E-state index in [2.05, 4.69) is 25.3 Å². The van der Waals surface area contributed by atoms with E-state index in [0.29, 0.717) is 27.4 Å². The zero-order chi connectivity index (χ0) is 19.7. The highest BCUT2D eigenvalue weighted by Gasteiger charge is 2.13. The molecule has 0 spiro atoms. The van der Waals surface area contributed by atoms with Crippen LogP contribution in [-0.2, 0) is 5.75 Å². The Hall–Kier alpha value is -2.72. The van der Waals surface area contributed by atoms with Gasteiger partial charge in [-0.3, -0.25) is 9.89 Å². The molecule has 10 heteroatoms. The van der Waals surface area contributed by atoms with Crippen molar-refractivity contribution in [1.29, 1.82) is 0 Å². The molecule has 28 heavy (non-hydrogen) atoms. The fourth-order valence-corrected chi connectivity index (χ4v) is 4.12. The minimum Gasteiger partial charge on any atom is -0.497 e. The molecule has 144 valence electrons. The number of ether oxygens (including phenoxy) is 1. The highest BCUT2D eigenvalue weighted by molar-refractivity contribution is 7.98. The first-order valence-electron chi connectivity index (χ1n) is 8.63. The van der Waals surface area contributed by atoms with Gasteiger partial charge in [0.05, 0.1) is 12.8 Å². The van der Waals surface area contributed by atoms with Crippen molar-refractivity contribution in [1.82, 2.24) is 29.8 Å². The summed E-state index contributed by atoms with van der Waals surface area (Å²) >= 11 is 2.87. The average Bonchev–Trinajstić information content (AvgIpc) is 3.34. The van der Waals surface area contributed by atoms with Gasteiger partial charge in [-0.25, -0.2) is 9.97 Å². The van der Waals surface area contributed by atoms with Gasteiger partial charge in [0.25, 0.3) is 5.56 Å². The van der Waals surface area contributed by atoms with Gasteiger partial charge in [-0.15, -0.1) is 5.10 Å². The van der Waals surface area contributed by atoms with E-state index >= 15 is 0 Å². The topological polar surface area (TPSA) is 98.1 Å². The lowest BCUT2D eigenvalue weighted by atomic mass is 10.2.